The number of hydrogen-bond donors (Lipinski definition) is 1. The highest BCUT2D eigenvalue weighted by Gasteiger charge is 2.29. The summed E-state index contributed by atoms with van der Waals surface area (Å²) in [4.78, 5) is 0. The van der Waals surface area contributed by atoms with Crippen LogP contribution in [0.15, 0.2) is 12.2 Å². The first-order chi connectivity index (χ1) is 6.39. The van der Waals surface area contributed by atoms with Crippen LogP contribution in [0.5, 0.6) is 0 Å². The fourth-order valence-corrected chi connectivity index (χ4v) is 5.16. The number of aliphatic hydroxyl groups is 1. The van der Waals surface area contributed by atoms with E-state index in [4.69, 9.17) is 4.43 Å². The van der Waals surface area contributed by atoms with E-state index in [0.29, 0.717) is 12.0 Å². The minimum Gasteiger partial charge on any atom is -0.415 e. The van der Waals surface area contributed by atoms with Gasteiger partial charge in [0.1, 0.15) is 0 Å². The molecule has 0 saturated heterocycles. The van der Waals surface area contributed by atoms with Gasteiger partial charge in [-0.25, -0.2) is 0 Å². The highest BCUT2D eigenvalue weighted by molar-refractivity contribution is 6.71. The molecule has 0 unspecified atom stereocenters. The molecule has 0 aromatic rings. The van der Waals surface area contributed by atoms with Crippen LogP contribution in [0.2, 0.25) is 19.1 Å². The Kier molecular flexibility index (Phi) is 3.92. The van der Waals surface area contributed by atoms with E-state index in [9.17, 15) is 5.11 Å². The maximum Gasteiger partial charge on any atom is 0.187 e. The maximum absolute atomic E-state index is 9.37. The van der Waals surface area contributed by atoms with E-state index < -0.39 is 8.32 Å². The van der Waals surface area contributed by atoms with Crippen molar-refractivity contribution < 1.29 is 9.53 Å². The molecule has 0 saturated carbocycles. The van der Waals surface area contributed by atoms with E-state index in [0.717, 1.165) is 12.5 Å². The van der Waals surface area contributed by atoms with Gasteiger partial charge in [-0.3, -0.25) is 0 Å². The van der Waals surface area contributed by atoms with Crippen molar-refractivity contribution in [1.82, 2.24) is 0 Å². The first-order valence-electron chi connectivity index (χ1n) is 5.43. The fourth-order valence-electron chi connectivity index (χ4n) is 2.22. The van der Waals surface area contributed by atoms with E-state index >= 15 is 0 Å². The summed E-state index contributed by atoms with van der Waals surface area (Å²) >= 11 is 0. The Morgan fingerprint density at radius 2 is 2.07 bits per heavy atom. The lowest BCUT2D eigenvalue weighted by Gasteiger charge is -2.27. The largest absolute Gasteiger partial charge is 0.415 e. The normalized spacial score (nSPS) is 27.6. The van der Waals surface area contributed by atoms with Gasteiger partial charge < -0.3 is 9.53 Å². The molecule has 82 valence electrons. The molecule has 0 aliphatic heterocycles. The lowest BCUT2D eigenvalue weighted by Crippen LogP contribution is -2.35. The van der Waals surface area contributed by atoms with Gasteiger partial charge >= 0.3 is 0 Å². The summed E-state index contributed by atoms with van der Waals surface area (Å²) in [5.74, 6) is 0.533. The van der Waals surface area contributed by atoms with Gasteiger partial charge in [0.2, 0.25) is 0 Å². The smallest absolute Gasteiger partial charge is 0.187 e. The molecule has 1 N–H and O–H groups in total. The van der Waals surface area contributed by atoms with Gasteiger partial charge in [-0.05, 0) is 45.3 Å². The quantitative estimate of drug-likeness (QED) is 0.576. The van der Waals surface area contributed by atoms with Crippen molar-refractivity contribution in [2.45, 2.75) is 51.6 Å². The van der Waals surface area contributed by atoms with Crippen molar-refractivity contribution in [2.24, 2.45) is 5.92 Å². The summed E-state index contributed by atoms with van der Waals surface area (Å²) in [6, 6.07) is 1.12. The zero-order chi connectivity index (χ0) is 10.8. The van der Waals surface area contributed by atoms with E-state index in [-0.39, 0.29) is 6.10 Å². The van der Waals surface area contributed by atoms with Crippen molar-refractivity contribution in [3.05, 3.63) is 12.2 Å². The third-order valence-electron chi connectivity index (χ3n) is 2.46. The van der Waals surface area contributed by atoms with Crippen LogP contribution in [0, 0.1) is 5.92 Å². The van der Waals surface area contributed by atoms with Crippen molar-refractivity contribution in [2.75, 3.05) is 0 Å². The second kappa shape index (κ2) is 4.60. The molecule has 0 aromatic heterocycles. The molecule has 0 heterocycles. The van der Waals surface area contributed by atoms with Gasteiger partial charge in [0, 0.05) is 6.10 Å². The average molecular weight is 214 g/mol. The van der Waals surface area contributed by atoms with Gasteiger partial charge in [0.05, 0.1) is 6.10 Å². The van der Waals surface area contributed by atoms with Gasteiger partial charge in [-0.2, -0.15) is 0 Å². The molecule has 1 rings (SSSR count). The van der Waals surface area contributed by atoms with Crippen molar-refractivity contribution in [3.63, 3.8) is 0 Å². The van der Waals surface area contributed by atoms with Crippen molar-refractivity contribution in [1.29, 1.82) is 0 Å². The van der Waals surface area contributed by atoms with E-state index in [1.807, 2.05) is 6.08 Å². The SMILES string of the molecule is CC(C)O[Si](C)(C)C[C@@H]1C=C[C@@H](O)C1. The van der Waals surface area contributed by atoms with Crippen LogP contribution >= 0.6 is 0 Å². The molecule has 1 aliphatic rings. The molecule has 0 fully saturated rings. The summed E-state index contributed by atoms with van der Waals surface area (Å²) in [6.07, 6.45) is 5.04. The first-order valence-corrected chi connectivity index (χ1v) is 8.55. The Labute approximate surface area is 88.1 Å². The highest BCUT2D eigenvalue weighted by Crippen LogP contribution is 2.28. The summed E-state index contributed by atoms with van der Waals surface area (Å²) in [7, 11) is -1.52. The van der Waals surface area contributed by atoms with Crippen LogP contribution in [-0.4, -0.2) is 25.6 Å². The van der Waals surface area contributed by atoms with Crippen LogP contribution in [-0.2, 0) is 4.43 Å². The summed E-state index contributed by atoms with van der Waals surface area (Å²) in [6.45, 7) is 8.69. The second-order valence-corrected chi connectivity index (χ2v) is 9.24. The van der Waals surface area contributed by atoms with E-state index in [1.54, 1.807) is 0 Å². The number of hydrogen-bond acceptors (Lipinski definition) is 2. The predicted octanol–water partition coefficient (Wildman–Crippen LogP) is 2.55. The lowest BCUT2D eigenvalue weighted by atomic mass is 10.1. The molecule has 1 aliphatic carbocycles. The van der Waals surface area contributed by atoms with E-state index in [1.165, 1.54) is 0 Å². The molecule has 0 aromatic carbocycles. The number of aliphatic hydroxyl groups excluding tert-OH is 1. The first kappa shape index (κ1) is 11.9. The average Bonchev–Trinajstić information content (AvgIpc) is 2.30. The van der Waals surface area contributed by atoms with Crippen LogP contribution in [0.3, 0.4) is 0 Å². The number of allylic oxidation sites excluding steroid dienone is 1. The summed E-state index contributed by atoms with van der Waals surface area (Å²) in [5.41, 5.74) is 0. The van der Waals surface area contributed by atoms with Crippen molar-refractivity contribution in [3.8, 4) is 0 Å². The Balaban J connectivity index is 2.39. The van der Waals surface area contributed by atoms with Crippen molar-refractivity contribution >= 4 is 8.32 Å². The van der Waals surface area contributed by atoms with Gasteiger partial charge in [-0.15, -0.1) is 0 Å². The molecule has 0 radical (unpaired) electrons. The zero-order valence-corrected chi connectivity index (χ0v) is 10.7. The molecule has 0 bridgehead atoms. The monoisotopic (exact) mass is 214 g/mol. The minimum atomic E-state index is -1.52. The standard InChI is InChI=1S/C11H22O2Si/c1-9(2)13-14(3,4)8-10-5-6-11(12)7-10/h5-6,9-12H,7-8H2,1-4H3/t10-,11-/m1/s1. The van der Waals surface area contributed by atoms with Crippen LogP contribution in [0.1, 0.15) is 20.3 Å². The molecule has 14 heavy (non-hydrogen) atoms. The van der Waals surface area contributed by atoms with Gasteiger partial charge in [-0.1, -0.05) is 12.2 Å². The van der Waals surface area contributed by atoms with Crippen LogP contribution < -0.4 is 0 Å². The second-order valence-electron chi connectivity index (χ2n) is 5.08. The predicted molar refractivity (Wildman–Crippen MR) is 61.8 cm³/mol. The molecular formula is C11H22O2Si. The zero-order valence-electron chi connectivity index (χ0n) is 9.66. The molecule has 3 heteroatoms. The Hall–Kier alpha value is -0.123. The number of rotatable bonds is 4. The molecule has 2 nitrogen and oxygen atoms in total. The molecular weight excluding hydrogens is 192 g/mol. The molecule has 0 amide bonds. The Morgan fingerprint density at radius 1 is 1.43 bits per heavy atom. The van der Waals surface area contributed by atoms with Crippen LogP contribution in [0.4, 0.5) is 0 Å². The van der Waals surface area contributed by atoms with Gasteiger partial charge in [0.25, 0.3) is 0 Å². The van der Waals surface area contributed by atoms with Gasteiger partial charge in [0.15, 0.2) is 8.32 Å². The maximum atomic E-state index is 9.37. The Bertz CT molecular complexity index is 211. The third kappa shape index (κ3) is 3.94. The summed E-state index contributed by atoms with van der Waals surface area (Å²) < 4.78 is 5.96. The topological polar surface area (TPSA) is 29.5 Å². The van der Waals surface area contributed by atoms with Crippen LogP contribution in [0.25, 0.3) is 0 Å². The summed E-state index contributed by atoms with van der Waals surface area (Å²) in [5, 5.41) is 9.37. The third-order valence-corrected chi connectivity index (χ3v) is 5.08. The highest BCUT2D eigenvalue weighted by atomic mass is 28.4. The molecule has 0 spiro atoms. The molecule has 2 atom stereocenters. The Morgan fingerprint density at radius 3 is 2.50 bits per heavy atom. The lowest BCUT2D eigenvalue weighted by molar-refractivity contribution is 0.206. The van der Waals surface area contributed by atoms with E-state index in [2.05, 4.69) is 33.0 Å². The minimum absolute atomic E-state index is 0.219. The fraction of sp³-hybridized carbons (Fsp3) is 0.818.